The van der Waals surface area contributed by atoms with Crippen LogP contribution in [0.1, 0.15) is 31.2 Å². The number of piperidine rings is 1. The van der Waals surface area contributed by atoms with E-state index in [2.05, 4.69) is 4.72 Å². The summed E-state index contributed by atoms with van der Waals surface area (Å²) in [4.78, 5) is 14.5. The molecular weight excluding hydrogens is 388 g/mol. The Morgan fingerprint density at radius 2 is 1.72 bits per heavy atom. The van der Waals surface area contributed by atoms with Crippen LogP contribution in [0.25, 0.3) is 0 Å². The Balaban J connectivity index is 1.39. The molecule has 0 unspecified atom stereocenters. The lowest BCUT2D eigenvalue weighted by molar-refractivity contribution is -0.132. The predicted octanol–water partition coefficient (Wildman–Crippen LogP) is 3.12. The van der Waals surface area contributed by atoms with Crippen LogP contribution in [0.3, 0.4) is 0 Å². The molecule has 7 heteroatoms. The van der Waals surface area contributed by atoms with Crippen molar-refractivity contribution in [3.8, 4) is 5.75 Å². The molecule has 2 aromatic carbocycles. The summed E-state index contributed by atoms with van der Waals surface area (Å²) in [5.74, 6) is 0.906. The molecule has 0 aromatic heterocycles. The number of ether oxygens (including phenoxy) is 1. The topological polar surface area (TPSA) is 75.7 Å². The summed E-state index contributed by atoms with van der Waals surface area (Å²) in [6.45, 7) is 3.56. The molecule has 156 valence electrons. The number of likely N-dealkylation sites (tertiary alicyclic amines) is 1. The zero-order valence-electron chi connectivity index (χ0n) is 16.7. The first kappa shape index (κ1) is 21.3. The lowest BCUT2D eigenvalue weighted by Crippen LogP contribution is -2.46. The SMILES string of the molecule is Cc1ccc(S(=O)(=O)NC2CCN(C(=O)CCCOc3ccccc3)CC2)cc1. The van der Waals surface area contributed by atoms with Gasteiger partial charge in [0.05, 0.1) is 11.5 Å². The van der Waals surface area contributed by atoms with E-state index in [1.807, 2.05) is 42.2 Å². The van der Waals surface area contributed by atoms with Gasteiger partial charge in [-0.2, -0.15) is 0 Å². The number of aryl methyl sites for hydroxylation is 1. The maximum Gasteiger partial charge on any atom is 0.240 e. The third-order valence-electron chi connectivity index (χ3n) is 5.05. The number of benzene rings is 2. The number of amides is 1. The molecule has 1 N–H and O–H groups in total. The molecular formula is C22H28N2O4S. The van der Waals surface area contributed by atoms with Gasteiger partial charge in [-0.25, -0.2) is 13.1 Å². The van der Waals surface area contributed by atoms with Crippen LogP contribution in [0.4, 0.5) is 0 Å². The van der Waals surface area contributed by atoms with Crippen molar-refractivity contribution < 1.29 is 17.9 Å². The minimum Gasteiger partial charge on any atom is -0.494 e. The summed E-state index contributed by atoms with van der Waals surface area (Å²) < 4.78 is 33.4. The van der Waals surface area contributed by atoms with Crippen LogP contribution >= 0.6 is 0 Å². The summed E-state index contributed by atoms with van der Waals surface area (Å²) in [7, 11) is -3.53. The molecule has 0 spiro atoms. The van der Waals surface area contributed by atoms with Gasteiger partial charge in [-0.05, 0) is 50.5 Å². The quantitative estimate of drug-likeness (QED) is 0.671. The molecule has 0 aliphatic carbocycles. The number of hydrogen-bond donors (Lipinski definition) is 1. The number of rotatable bonds is 8. The molecule has 0 atom stereocenters. The predicted molar refractivity (Wildman–Crippen MR) is 112 cm³/mol. The summed E-state index contributed by atoms with van der Waals surface area (Å²) in [5.41, 5.74) is 1.02. The van der Waals surface area contributed by atoms with Crippen LogP contribution in [0, 0.1) is 6.92 Å². The molecule has 2 aromatic rings. The second-order valence-electron chi connectivity index (χ2n) is 7.35. The average Bonchev–Trinajstić information content (AvgIpc) is 2.72. The molecule has 1 amide bonds. The zero-order chi connectivity index (χ0) is 20.7. The van der Waals surface area contributed by atoms with Crippen LogP contribution in [-0.4, -0.2) is 45.0 Å². The van der Waals surface area contributed by atoms with E-state index in [9.17, 15) is 13.2 Å². The van der Waals surface area contributed by atoms with Crippen molar-refractivity contribution in [3.05, 3.63) is 60.2 Å². The van der Waals surface area contributed by atoms with Crippen molar-refractivity contribution in [3.63, 3.8) is 0 Å². The minimum absolute atomic E-state index is 0.0986. The lowest BCUT2D eigenvalue weighted by atomic mass is 10.1. The summed E-state index contributed by atoms with van der Waals surface area (Å²) in [6, 6.07) is 16.2. The van der Waals surface area contributed by atoms with Gasteiger partial charge in [0.2, 0.25) is 15.9 Å². The van der Waals surface area contributed by atoms with E-state index in [-0.39, 0.29) is 16.8 Å². The Bertz CT molecular complexity index is 890. The molecule has 3 rings (SSSR count). The second-order valence-corrected chi connectivity index (χ2v) is 9.07. The number of nitrogens with zero attached hydrogens (tertiary/aromatic N) is 1. The fourth-order valence-electron chi connectivity index (χ4n) is 3.34. The Morgan fingerprint density at radius 1 is 1.07 bits per heavy atom. The van der Waals surface area contributed by atoms with Crippen LogP contribution in [0.15, 0.2) is 59.5 Å². The van der Waals surface area contributed by atoms with E-state index in [1.54, 1.807) is 24.3 Å². The number of para-hydroxylation sites is 1. The molecule has 0 saturated carbocycles. The molecule has 0 bridgehead atoms. The zero-order valence-corrected chi connectivity index (χ0v) is 17.5. The van der Waals surface area contributed by atoms with Crippen molar-refractivity contribution in [2.75, 3.05) is 19.7 Å². The fourth-order valence-corrected chi connectivity index (χ4v) is 4.64. The number of carbonyl (C=O) groups excluding carboxylic acids is 1. The van der Waals surface area contributed by atoms with Gasteiger partial charge in [0.15, 0.2) is 0 Å². The molecule has 0 radical (unpaired) electrons. The van der Waals surface area contributed by atoms with Gasteiger partial charge in [0.25, 0.3) is 0 Å². The maximum absolute atomic E-state index is 12.5. The fraction of sp³-hybridized carbons (Fsp3) is 0.409. The number of sulfonamides is 1. The first-order chi connectivity index (χ1) is 13.9. The van der Waals surface area contributed by atoms with E-state index in [1.165, 1.54) is 0 Å². The largest absolute Gasteiger partial charge is 0.494 e. The van der Waals surface area contributed by atoms with Crippen LogP contribution in [0.5, 0.6) is 5.75 Å². The molecule has 1 fully saturated rings. The van der Waals surface area contributed by atoms with Crippen molar-refractivity contribution in [1.82, 2.24) is 9.62 Å². The molecule has 1 aliphatic rings. The highest BCUT2D eigenvalue weighted by Gasteiger charge is 2.26. The smallest absolute Gasteiger partial charge is 0.240 e. The van der Waals surface area contributed by atoms with Crippen molar-refractivity contribution in [2.24, 2.45) is 0 Å². The molecule has 1 saturated heterocycles. The third-order valence-corrected chi connectivity index (χ3v) is 6.58. The number of carbonyl (C=O) groups is 1. The maximum atomic E-state index is 12.5. The van der Waals surface area contributed by atoms with Gasteiger partial charge >= 0.3 is 0 Å². The third kappa shape index (κ3) is 6.30. The molecule has 29 heavy (non-hydrogen) atoms. The summed E-state index contributed by atoms with van der Waals surface area (Å²) >= 11 is 0. The average molecular weight is 417 g/mol. The standard InChI is InChI=1S/C22H28N2O4S/c1-18-9-11-21(12-10-18)29(26,27)23-19-13-15-24(16-14-19)22(25)8-5-17-28-20-6-3-2-4-7-20/h2-4,6-7,9-12,19,23H,5,8,13-17H2,1H3. The molecule has 1 heterocycles. The summed E-state index contributed by atoms with van der Waals surface area (Å²) in [5, 5.41) is 0. The van der Waals surface area contributed by atoms with Crippen LogP contribution in [-0.2, 0) is 14.8 Å². The first-order valence-corrected chi connectivity index (χ1v) is 11.5. The highest BCUT2D eigenvalue weighted by molar-refractivity contribution is 7.89. The van der Waals surface area contributed by atoms with Gasteiger partial charge in [-0.3, -0.25) is 4.79 Å². The van der Waals surface area contributed by atoms with Gasteiger partial charge in [0.1, 0.15) is 5.75 Å². The Hall–Kier alpha value is -2.38. The van der Waals surface area contributed by atoms with Crippen molar-refractivity contribution >= 4 is 15.9 Å². The van der Waals surface area contributed by atoms with Gasteiger partial charge in [-0.1, -0.05) is 35.9 Å². The monoisotopic (exact) mass is 416 g/mol. The Labute approximate surface area is 172 Å². The van der Waals surface area contributed by atoms with E-state index < -0.39 is 10.0 Å². The Kier molecular flexibility index (Phi) is 7.28. The van der Waals surface area contributed by atoms with Crippen molar-refractivity contribution in [1.29, 1.82) is 0 Å². The highest BCUT2D eigenvalue weighted by Crippen LogP contribution is 2.17. The van der Waals surface area contributed by atoms with Gasteiger partial charge < -0.3 is 9.64 Å². The van der Waals surface area contributed by atoms with E-state index in [4.69, 9.17) is 4.74 Å². The van der Waals surface area contributed by atoms with Crippen LogP contribution in [0.2, 0.25) is 0 Å². The van der Waals surface area contributed by atoms with E-state index >= 15 is 0 Å². The first-order valence-electron chi connectivity index (χ1n) is 9.99. The van der Waals surface area contributed by atoms with Crippen LogP contribution < -0.4 is 9.46 Å². The van der Waals surface area contributed by atoms with Gasteiger partial charge in [0, 0.05) is 25.6 Å². The van der Waals surface area contributed by atoms with E-state index in [0.717, 1.165) is 11.3 Å². The lowest BCUT2D eigenvalue weighted by Gasteiger charge is -2.32. The minimum atomic E-state index is -3.53. The van der Waals surface area contributed by atoms with E-state index in [0.29, 0.717) is 45.4 Å². The molecule has 6 nitrogen and oxygen atoms in total. The highest BCUT2D eigenvalue weighted by atomic mass is 32.2. The number of nitrogens with one attached hydrogen (secondary N) is 1. The number of hydrogen-bond acceptors (Lipinski definition) is 4. The van der Waals surface area contributed by atoms with Crippen molar-refractivity contribution in [2.45, 2.75) is 43.5 Å². The Morgan fingerprint density at radius 3 is 2.38 bits per heavy atom. The normalized spacial score (nSPS) is 15.3. The second kappa shape index (κ2) is 9.89. The molecule has 1 aliphatic heterocycles. The summed E-state index contributed by atoms with van der Waals surface area (Å²) in [6.07, 6.45) is 2.34. The van der Waals surface area contributed by atoms with Gasteiger partial charge in [-0.15, -0.1) is 0 Å².